The van der Waals surface area contributed by atoms with E-state index in [1.807, 2.05) is 36.6 Å². The van der Waals surface area contributed by atoms with Crippen molar-refractivity contribution < 1.29 is 28.3 Å². The van der Waals surface area contributed by atoms with E-state index in [9.17, 15) is 9.59 Å². The minimum absolute atomic E-state index is 0.254. The van der Waals surface area contributed by atoms with Crippen LogP contribution in [0.25, 0.3) is 5.69 Å². The molecule has 1 aliphatic rings. The number of ketones is 1. The van der Waals surface area contributed by atoms with Gasteiger partial charge in [0.15, 0.2) is 18.1 Å². The first kappa shape index (κ1) is 19.8. The van der Waals surface area contributed by atoms with Crippen LogP contribution in [0.2, 0.25) is 0 Å². The van der Waals surface area contributed by atoms with Gasteiger partial charge in [-0.2, -0.15) is 0 Å². The zero-order chi connectivity index (χ0) is 21.4. The Kier molecular flexibility index (Phi) is 5.07. The van der Waals surface area contributed by atoms with Crippen LogP contribution in [0, 0.1) is 27.7 Å². The van der Waals surface area contributed by atoms with Gasteiger partial charge in [0.25, 0.3) is 0 Å². The van der Waals surface area contributed by atoms with Crippen LogP contribution in [0.5, 0.6) is 11.5 Å². The van der Waals surface area contributed by atoms with Gasteiger partial charge in [-0.15, -0.1) is 0 Å². The van der Waals surface area contributed by atoms with Crippen molar-refractivity contribution in [1.29, 1.82) is 0 Å². The lowest BCUT2D eigenvalue weighted by Gasteiger charge is -2.20. The molecule has 30 heavy (non-hydrogen) atoms. The van der Waals surface area contributed by atoms with E-state index in [1.165, 1.54) is 0 Å². The van der Waals surface area contributed by atoms with Crippen molar-refractivity contribution >= 4 is 11.8 Å². The van der Waals surface area contributed by atoms with Crippen LogP contribution in [0.4, 0.5) is 0 Å². The van der Waals surface area contributed by atoms with Gasteiger partial charge in [0.2, 0.25) is 5.78 Å². The summed E-state index contributed by atoms with van der Waals surface area (Å²) >= 11 is 0. The van der Waals surface area contributed by atoms with E-state index in [2.05, 4.69) is 5.16 Å². The first-order chi connectivity index (χ1) is 14.4. The molecule has 0 radical (unpaired) electrons. The van der Waals surface area contributed by atoms with Crippen molar-refractivity contribution in [2.45, 2.75) is 27.7 Å². The van der Waals surface area contributed by atoms with E-state index >= 15 is 0 Å². The van der Waals surface area contributed by atoms with Crippen LogP contribution in [0.3, 0.4) is 0 Å². The molecular weight excluding hydrogens is 388 g/mol. The number of rotatable bonds is 5. The Labute approximate surface area is 173 Å². The van der Waals surface area contributed by atoms with Gasteiger partial charge in [0, 0.05) is 28.7 Å². The predicted molar refractivity (Wildman–Crippen MR) is 107 cm³/mol. The number of hydrogen-bond acceptors (Lipinski definition) is 7. The van der Waals surface area contributed by atoms with Crippen LogP contribution in [-0.4, -0.2) is 41.3 Å². The highest BCUT2D eigenvalue weighted by Gasteiger charge is 2.23. The summed E-state index contributed by atoms with van der Waals surface area (Å²) in [6.07, 6.45) is 0. The van der Waals surface area contributed by atoms with Crippen LogP contribution in [0.1, 0.15) is 43.6 Å². The molecule has 4 rings (SSSR count). The van der Waals surface area contributed by atoms with Gasteiger partial charge in [-0.25, -0.2) is 4.79 Å². The molecule has 0 bridgehead atoms. The van der Waals surface area contributed by atoms with E-state index in [0.29, 0.717) is 41.7 Å². The third-order valence-corrected chi connectivity index (χ3v) is 5.09. The molecule has 0 N–H and O–H groups in total. The van der Waals surface area contributed by atoms with E-state index in [-0.39, 0.29) is 18.0 Å². The molecule has 0 atom stereocenters. The maximum atomic E-state index is 12.8. The molecule has 0 spiro atoms. The largest absolute Gasteiger partial charge is 0.486 e. The highest BCUT2D eigenvalue weighted by atomic mass is 16.6. The van der Waals surface area contributed by atoms with Crippen LogP contribution in [-0.2, 0) is 4.74 Å². The Balaban J connectivity index is 1.54. The fourth-order valence-electron chi connectivity index (χ4n) is 3.67. The van der Waals surface area contributed by atoms with Crippen molar-refractivity contribution in [3.8, 4) is 17.2 Å². The van der Waals surface area contributed by atoms with Crippen molar-refractivity contribution in [3.63, 3.8) is 0 Å². The molecule has 0 amide bonds. The Morgan fingerprint density at radius 2 is 1.80 bits per heavy atom. The summed E-state index contributed by atoms with van der Waals surface area (Å²) in [4.78, 5) is 25.1. The van der Waals surface area contributed by atoms with E-state index in [1.54, 1.807) is 19.9 Å². The van der Waals surface area contributed by atoms with Gasteiger partial charge in [0.1, 0.15) is 24.5 Å². The molecule has 2 aromatic heterocycles. The third-order valence-electron chi connectivity index (χ3n) is 5.09. The molecule has 1 aliphatic heterocycles. The standard InChI is InChI=1S/C22H22N2O6/c1-12-9-17(18(25)11-29-22(26)21-13(2)23-30-15(21)4)14(3)24(12)16-5-6-19-20(10-16)28-8-7-27-19/h5-6,9-10H,7-8,11H2,1-4H3. The van der Waals surface area contributed by atoms with E-state index in [0.717, 1.165) is 17.1 Å². The number of ether oxygens (including phenoxy) is 3. The number of benzene rings is 1. The summed E-state index contributed by atoms with van der Waals surface area (Å²) in [7, 11) is 0. The molecule has 0 unspecified atom stereocenters. The molecule has 8 heteroatoms. The summed E-state index contributed by atoms with van der Waals surface area (Å²) in [5, 5.41) is 3.73. The van der Waals surface area contributed by atoms with Gasteiger partial charge in [0.05, 0.1) is 5.69 Å². The third kappa shape index (κ3) is 3.45. The van der Waals surface area contributed by atoms with Crippen LogP contribution in [0.15, 0.2) is 28.8 Å². The molecule has 1 aromatic carbocycles. The predicted octanol–water partition coefficient (Wildman–Crippen LogP) is 3.51. The zero-order valence-corrected chi connectivity index (χ0v) is 17.3. The second-order valence-corrected chi connectivity index (χ2v) is 7.15. The van der Waals surface area contributed by atoms with E-state index < -0.39 is 5.97 Å². The molecule has 0 saturated heterocycles. The van der Waals surface area contributed by atoms with Crippen molar-refractivity contribution in [3.05, 3.63) is 58.2 Å². The molecule has 0 saturated carbocycles. The number of aromatic nitrogens is 2. The molecule has 3 aromatic rings. The molecule has 8 nitrogen and oxygen atoms in total. The Morgan fingerprint density at radius 1 is 1.07 bits per heavy atom. The fourth-order valence-corrected chi connectivity index (χ4v) is 3.67. The molecule has 3 heterocycles. The summed E-state index contributed by atoms with van der Waals surface area (Å²) in [6.45, 7) is 7.70. The summed E-state index contributed by atoms with van der Waals surface area (Å²) in [5.74, 6) is 0.830. The molecule has 0 aliphatic carbocycles. The summed E-state index contributed by atoms with van der Waals surface area (Å²) < 4.78 is 23.4. The summed E-state index contributed by atoms with van der Waals surface area (Å²) in [6, 6.07) is 7.45. The fraction of sp³-hybridized carbons (Fsp3) is 0.318. The lowest BCUT2D eigenvalue weighted by atomic mass is 10.1. The highest BCUT2D eigenvalue weighted by molar-refractivity contribution is 6.01. The Morgan fingerprint density at radius 3 is 2.50 bits per heavy atom. The second-order valence-electron chi connectivity index (χ2n) is 7.15. The maximum absolute atomic E-state index is 12.8. The highest BCUT2D eigenvalue weighted by Crippen LogP contribution is 2.33. The van der Waals surface area contributed by atoms with Crippen molar-refractivity contribution in [2.24, 2.45) is 0 Å². The number of carbonyl (C=O) groups is 2. The minimum Gasteiger partial charge on any atom is -0.486 e. The lowest BCUT2D eigenvalue weighted by Crippen LogP contribution is -2.16. The van der Waals surface area contributed by atoms with Crippen LogP contribution < -0.4 is 9.47 Å². The lowest BCUT2D eigenvalue weighted by molar-refractivity contribution is 0.0472. The molecule has 0 fully saturated rings. The number of carbonyl (C=O) groups excluding carboxylic acids is 2. The van der Waals surface area contributed by atoms with Crippen molar-refractivity contribution in [2.75, 3.05) is 19.8 Å². The topological polar surface area (TPSA) is 92.8 Å². The number of esters is 1. The average molecular weight is 410 g/mol. The Hall–Kier alpha value is -3.55. The normalized spacial score (nSPS) is 12.7. The smallest absolute Gasteiger partial charge is 0.344 e. The number of nitrogens with zero attached hydrogens (tertiary/aromatic N) is 2. The minimum atomic E-state index is -0.625. The number of aryl methyl sites for hydroxylation is 3. The monoisotopic (exact) mass is 410 g/mol. The van der Waals surface area contributed by atoms with Crippen molar-refractivity contribution in [1.82, 2.24) is 9.72 Å². The number of Topliss-reactive ketones (excluding diaryl/α,β-unsaturated/α-hetero) is 1. The molecular formula is C22H22N2O6. The van der Waals surface area contributed by atoms with Gasteiger partial charge >= 0.3 is 5.97 Å². The number of fused-ring (bicyclic) bond motifs is 1. The SMILES string of the molecule is Cc1noc(C)c1C(=O)OCC(=O)c1cc(C)n(-c2ccc3c(c2)OCCO3)c1C. The second kappa shape index (κ2) is 7.70. The van der Waals surface area contributed by atoms with E-state index in [4.69, 9.17) is 18.7 Å². The maximum Gasteiger partial charge on any atom is 0.344 e. The zero-order valence-electron chi connectivity index (χ0n) is 17.3. The van der Waals surface area contributed by atoms with Gasteiger partial charge in [-0.1, -0.05) is 5.16 Å². The van der Waals surface area contributed by atoms with Gasteiger partial charge < -0.3 is 23.3 Å². The quantitative estimate of drug-likeness (QED) is 0.469. The average Bonchev–Trinajstić information content (AvgIpc) is 3.23. The Bertz CT molecular complexity index is 1120. The van der Waals surface area contributed by atoms with Gasteiger partial charge in [-0.3, -0.25) is 4.79 Å². The first-order valence-electron chi connectivity index (χ1n) is 9.59. The first-order valence-corrected chi connectivity index (χ1v) is 9.59. The number of hydrogen-bond donors (Lipinski definition) is 0. The summed E-state index contributed by atoms with van der Waals surface area (Å²) in [5.41, 5.74) is 3.67. The van der Waals surface area contributed by atoms with Crippen LogP contribution >= 0.6 is 0 Å². The van der Waals surface area contributed by atoms with Gasteiger partial charge in [-0.05, 0) is 45.9 Å². The molecule has 156 valence electrons.